The summed E-state index contributed by atoms with van der Waals surface area (Å²) in [5.74, 6) is 0.413. The number of hydrogen-bond donors (Lipinski definition) is 1. The molecule has 0 aliphatic carbocycles. The van der Waals surface area contributed by atoms with Crippen LogP contribution >= 0.6 is 0 Å². The van der Waals surface area contributed by atoms with Crippen LogP contribution in [0.25, 0.3) is 33.3 Å². The SMILES string of the molecule is Cc1ccc(CNc2ncnc3c(-c4ccnn4C)cc(-c4ccc(F)cc4)cc23)nn1. The monoisotopic (exact) mass is 425 g/mol. The van der Waals surface area contributed by atoms with Crippen LogP contribution < -0.4 is 5.32 Å². The van der Waals surface area contributed by atoms with Crippen LogP contribution in [0.4, 0.5) is 10.2 Å². The van der Waals surface area contributed by atoms with Gasteiger partial charge in [-0.1, -0.05) is 12.1 Å². The lowest BCUT2D eigenvalue weighted by Crippen LogP contribution is -2.06. The molecule has 0 saturated heterocycles. The van der Waals surface area contributed by atoms with Crippen molar-refractivity contribution in [3.05, 3.63) is 84.3 Å². The number of halogens is 1. The van der Waals surface area contributed by atoms with Crippen molar-refractivity contribution in [3.63, 3.8) is 0 Å². The Kier molecular flexibility index (Phi) is 5.03. The van der Waals surface area contributed by atoms with Crippen LogP contribution in [0.15, 0.2) is 67.1 Å². The van der Waals surface area contributed by atoms with E-state index >= 15 is 0 Å². The molecular formula is C24H20FN7. The molecule has 0 radical (unpaired) electrons. The second-order valence-corrected chi connectivity index (χ2v) is 7.51. The standard InChI is InChI=1S/C24H20FN7/c1-15-3-8-19(31-30-15)13-26-24-21-12-17(16-4-6-18(25)7-5-16)11-20(23(21)27-14-28-24)22-9-10-29-32(22)2/h3-12,14H,13H2,1-2H3,(H,26,27,28). The molecule has 32 heavy (non-hydrogen) atoms. The molecule has 0 atom stereocenters. The van der Waals surface area contributed by atoms with Gasteiger partial charge in [0, 0.05) is 24.2 Å². The van der Waals surface area contributed by atoms with Crippen molar-refractivity contribution < 1.29 is 4.39 Å². The lowest BCUT2D eigenvalue weighted by molar-refractivity contribution is 0.628. The third-order valence-electron chi connectivity index (χ3n) is 5.30. The van der Waals surface area contributed by atoms with E-state index in [1.54, 1.807) is 29.3 Å². The summed E-state index contributed by atoms with van der Waals surface area (Å²) < 4.78 is 15.3. The minimum atomic E-state index is -0.272. The van der Waals surface area contributed by atoms with Crippen molar-refractivity contribution in [2.24, 2.45) is 7.05 Å². The maximum Gasteiger partial charge on any atom is 0.137 e. The van der Waals surface area contributed by atoms with Crippen molar-refractivity contribution >= 4 is 16.7 Å². The number of anilines is 1. The van der Waals surface area contributed by atoms with Gasteiger partial charge in [-0.3, -0.25) is 4.68 Å². The molecule has 0 spiro atoms. The maximum atomic E-state index is 13.5. The highest BCUT2D eigenvalue weighted by Gasteiger charge is 2.15. The van der Waals surface area contributed by atoms with Gasteiger partial charge in [-0.05, 0) is 60.5 Å². The minimum Gasteiger partial charge on any atom is -0.364 e. The van der Waals surface area contributed by atoms with E-state index < -0.39 is 0 Å². The quantitative estimate of drug-likeness (QED) is 0.445. The fourth-order valence-corrected chi connectivity index (χ4v) is 3.65. The number of nitrogens with one attached hydrogen (secondary N) is 1. The summed E-state index contributed by atoms with van der Waals surface area (Å²) in [6.45, 7) is 2.38. The van der Waals surface area contributed by atoms with Gasteiger partial charge in [0.1, 0.15) is 18.0 Å². The Hall–Kier alpha value is -4.20. The largest absolute Gasteiger partial charge is 0.364 e. The molecule has 0 amide bonds. The van der Waals surface area contributed by atoms with E-state index in [9.17, 15) is 4.39 Å². The van der Waals surface area contributed by atoms with E-state index in [0.717, 1.165) is 44.7 Å². The first-order valence-corrected chi connectivity index (χ1v) is 10.1. The highest BCUT2D eigenvalue weighted by molar-refractivity contribution is 6.01. The minimum absolute atomic E-state index is 0.272. The van der Waals surface area contributed by atoms with Gasteiger partial charge in [0.15, 0.2) is 0 Å². The molecule has 2 aromatic carbocycles. The van der Waals surface area contributed by atoms with E-state index in [4.69, 9.17) is 0 Å². The molecule has 0 aliphatic heterocycles. The molecule has 5 aromatic rings. The van der Waals surface area contributed by atoms with Crippen LogP contribution in [0.2, 0.25) is 0 Å². The number of nitrogens with zero attached hydrogens (tertiary/aromatic N) is 6. The molecule has 5 rings (SSSR count). The van der Waals surface area contributed by atoms with Crippen LogP contribution in [-0.4, -0.2) is 29.9 Å². The van der Waals surface area contributed by atoms with Crippen LogP contribution in [0.3, 0.4) is 0 Å². The second kappa shape index (κ2) is 8.14. The lowest BCUT2D eigenvalue weighted by Gasteiger charge is -2.14. The molecule has 0 unspecified atom stereocenters. The summed E-state index contributed by atoms with van der Waals surface area (Å²) >= 11 is 0. The smallest absolute Gasteiger partial charge is 0.137 e. The van der Waals surface area contributed by atoms with Crippen molar-refractivity contribution in [1.82, 2.24) is 29.9 Å². The average molecular weight is 425 g/mol. The number of rotatable bonds is 5. The molecule has 1 N–H and O–H groups in total. The fraction of sp³-hybridized carbons (Fsp3) is 0.125. The Labute approximate surface area is 184 Å². The van der Waals surface area contributed by atoms with Gasteiger partial charge in [0.05, 0.1) is 29.1 Å². The molecule has 8 heteroatoms. The van der Waals surface area contributed by atoms with Crippen LogP contribution in [0, 0.1) is 12.7 Å². The number of benzene rings is 2. The van der Waals surface area contributed by atoms with Gasteiger partial charge < -0.3 is 5.32 Å². The van der Waals surface area contributed by atoms with Crippen molar-refractivity contribution in [3.8, 4) is 22.4 Å². The molecule has 7 nitrogen and oxygen atoms in total. The molecule has 0 aliphatic rings. The third kappa shape index (κ3) is 3.78. The Bertz CT molecular complexity index is 1390. The van der Waals surface area contributed by atoms with Gasteiger partial charge in [0.2, 0.25) is 0 Å². The first kappa shape index (κ1) is 19.7. The number of aryl methyl sites for hydroxylation is 2. The molecular weight excluding hydrogens is 405 g/mol. The number of aromatic nitrogens is 6. The highest BCUT2D eigenvalue weighted by atomic mass is 19.1. The summed E-state index contributed by atoms with van der Waals surface area (Å²) in [5.41, 5.74) is 6.15. The van der Waals surface area contributed by atoms with Gasteiger partial charge in [-0.15, -0.1) is 0 Å². The van der Waals surface area contributed by atoms with E-state index in [2.05, 4.69) is 36.6 Å². The predicted octanol–water partition coefficient (Wildman–Crippen LogP) is 4.55. The summed E-state index contributed by atoms with van der Waals surface area (Å²) in [7, 11) is 1.89. The second-order valence-electron chi connectivity index (χ2n) is 7.51. The molecule has 158 valence electrons. The Balaban J connectivity index is 1.65. The summed E-state index contributed by atoms with van der Waals surface area (Å²) in [5, 5.41) is 16.8. The van der Waals surface area contributed by atoms with Gasteiger partial charge in [-0.2, -0.15) is 15.3 Å². The number of fused-ring (bicyclic) bond motifs is 1. The zero-order valence-corrected chi connectivity index (χ0v) is 17.6. The molecule has 0 fully saturated rings. The van der Waals surface area contributed by atoms with E-state index in [1.807, 2.05) is 38.2 Å². The van der Waals surface area contributed by atoms with Crippen molar-refractivity contribution in [2.75, 3.05) is 5.32 Å². The average Bonchev–Trinajstić information content (AvgIpc) is 3.24. The van der Waals surface area contributed by atoms with Crippen LogP contribution in [-0.2, 0) is 13.6 Å². The molecule has 0 saturated carbocycles. The summed E-state index contributed by atoms with van der Waals surface area (Å²) in [4.78, 5) is 9.05. The zero-order chi connectivity index (χ0) is 22.1. The summed E-state index contributed by atoms with van der Waals surface area (Å²) in [6, 6.07) is 16.3. The Morgan fingerprint density at radius 3 is 2.50 bits per heavy atom. The van der Waals surface area contributed by atoms with E-state index in [-0.39, 0.29) is 5.82 Å². The first-order valence-electron chi connectivity index (χ1n) is 10.1. The zero-order valence-electron chi connectivity index (χ0n) is 17.6. The van der Waals surface area contributed by atoms with Gasteiger partial charge in [0.25, 0.3) is 0 Å². The third-order valence-corrected chi connectivity index (χ3v) is 5.30. The van der Waals surface area contributed by atoms with E-state index in [0.29, 0.717) is 12.4 Å². The highest BCUT2D eigenvalue weighted by Crippen LogP contribution is 2.35. The van der Waals surface area contributed by atoms with Crippen molar-refractivity contribution in [2.45, 2.75) is 13.5 Å². The molecule has 3 heterocycles. The van der Waals surface area contributed by atoms with Crippen LogP contribution in [0.5, 0.6) is 0 Å². The van der Waals surface area contributed by atoms with Gasteiger partial charge in [-0.25, -0.2) is 14.4 Å². The fourth-order valence-electron chi connectivity index (χ4n) is 3.65. The number of hydrogen-bond acceptors (Lipinski definition) is 6. The lowest BCUT2D eigenvalue weighted by atomic mass is 9.98. The van der Waals surface area contributed by atoms with Crippen LogP contribution in [0.1, 0.15) is 11.4 Å². The van der Waals surface area contributed by atoms with Crippen molar-refractivity contribution in [1.29, 1.82) is 0 Å². The van der Waals surface area contributed by atoms with E-state index in [1.165, 1.54) is 12.1 Å². The Morgan fingerprint density at radius 2 is 1.78 bits per heavy atom. The Morgan fingerprint density at radius 1 is 0.938 bits per heavy atom. The predicted molar refractivity (Wildman–Crippen MR) is 121 cm³/mol. The topological polar surface area (TPSA) is 81.4 Å². The molecule has 0 bridgehead atoms. The first-order chi connectivity index (χ1) is 15.6. The van der Waals surface area contributed by atoms with Gasteiger partial charge >= 0.3 is 0 Å². The molecule has 3 aromatic heterocycles. The normalized spacial score (nSPS) is 11.1. The maximum absolute atomic E-state index is 13.5. The summed E-state index contributed by atoms with van der Waals surface area (Å²) in [6.07, 6.45) is 3.30.